The van der Waals surface area contributed by atoms with E-state index in [0.29, 0.717) is 12.2 Å². The van der Waals surface area contributed by atoms with Gasteiger partial charge in [-0.3, -0.25) is 9.89 Å². The van der Waals surface area contributed by atoms with E-state index in [0.717, 1.165) is 0 Å². The number of amides is 1. The lowest BCUT2D eigenvalue weighted by molar-refractivity contribution is -0.0690. The molecule has 16 heavy (non-hydrogen) atoms. The van der Waals surface area contributed by atoms with Gasteiger partial charge in [0, 0.05) is 11.5 Å². The van der Waals surface area contributed by atoms with Crippen LogP contribution in [-0.4, -0.2) is 38.3 Å². The Morgan fingerprint density at radius 2 is 2.31 bits per heavy atom. The lowest BCUT2D eigenvalue weighted by atomic mass is 9.64. The van der Waals surface area contributed by atoms with Crippen molar-refractivity contribution in [3.63, 3.8) is 0 Å². The second-order valence-corrected chi connectivity index (χ2v) is 4.84. The van der Waals surface area contributed by atoms with Crippen LogP contribution in [0.1, 0.15) is 36.7 Å². The van der Waals surface area contributed by atoms with Crippen LogP contribution in [0.5, 0.6) is 0 Å². The summed E-state index contributed by atoms with van der Waals surface area (Å²) < 4.78 is 0. The van der Waals surface area contributed by atoms with E-state index >= 15 is 0 Å². The SMILES string of the molecule is Cc1nc(C(=O)NC2CC(O)C2(C)C)n[nH]1. The molecule has 6 nitrogen and oxygen atoms in total. The number of nitrogens with zero attached hydrogens (tertiary/aromatic N) is 2. The Morgan fingerprint density at radius 3 is 2.75 bits per heavy atom. The molecule has 0 saturated heterocycles. The van der Waals surface area contributed by atoms with Crippen LogP contribution in [-0.2, 0) is 0 Å². The maximum Gasteiger partial charge on any atom is 0.291 e. The summed E-state index contributed by atoms with van der Waals surface area (Å²) in [6.07, 6.45) is 0.231. The molecule has 0 aliphatic heterocycles. The van der Waals surface area contributed by atoms with Crippen LogP contribution in [0, 0.1) is 12.3 Å². The van der Waals surface area contributed by atoms with E-state index in [1.165, 1.54) is 0 Å². The molecule has 1 amide bonds. The van der Waals surface area contributed by atoms with Crippen molar-refractivity contribution in [3.05, 3.63) is 11.6 Å². The lowest BCUT2D eigenvalue weighted by Gasteiger charge is -2.49. The van der Waals surface area contributed by atoms with Crippen LogP contribution in [0.15, 0.2) is 0 Å². The van der Waals surface area contributed by atoms with Crippen LogP contribution in [0.4, 0.5) is 0 Å². The van der Waals surface area contributed by atoms with E-state index in [-0.39, 0.29) is 29.3 Å². The summed E-state index contributed by atoms with van der Waals surface area (Å²) in [5.41, 5.74) is -0.277. The summed E-state index contributed by atoms with van der Waals surface area (Å²) in [6, 6.07) is -0.0196. The number of carbonyl (C=O) groups excluding carboxylic acids is 1. The number of aliphatic hydroxyl groups excluding tert-OH is 1. The number of carbonyl (C=O) groups is 1. The normalized spacial score (nSPS) is 27.2. The van der Waals surface area contributed by atoms with Gasteiger partial charge in [-0.05, 0) is 13.3 Å². The third-order valence-electron chi connectivity index (χ3n) is 3.32. The molecule has 1 aliphatic rings. The van der Waals surface area contributed by atoms with Gasteiger partial charge >= 0.3 is 0 Å². The summed E-state index contributed by atoms with van der Waals surface area (Å²) in [5, 5.41) is 18.8. The summed E-state index contributed by atoms with van der Waals surface area (Å²) in [4.78, 5) is 15.7. The first-order valence-electron chi connectivity index (χ1n) is 5.29. The molecular formula is C10H16N4O2. The molecular weight excluding hydrogens is 208 g/mol. The van der Waals surface area contributed by atoms with Gasteiger partial charge < -0.3 is 10.4 Å². The van der Waals surface area contributed by atoms with Gasteiger partial charge in [0.1, 0.15) is 5.82 Å². The molecule has 3 N–H and O–H groups in total. The topological polar surface area (TPSA) is 90.9 Å². The molecule has 2 rings (SSSR count). The van der Waals surface area contributed by atoms with Crippen molar-refractivity contribution >= 4 is 5.91 Å². The van der Waals surface area contributed by atoms with Gasteiger partial charge in [0.05, 0.1) is 6.10 Å². The van der Waals surface area contributed by atoms with Crippen LogP contribution in [0.25, 0.3) is 0 Å². The molecule has 2 atom stereocenters. The van der Waals surface area contributed by atoms with Crippen LogP contribution in [0.2, 0.25) is 0 Å². The molecule has 1 aromatic heterocycles. The molecule has 1 fully saturated rings. The average Bonchev–Trinajstić information content (AvgIpc) is 2.64. The lowest BCUT2D eigenvalue weighted by Crippen LogP contribution is -2.61. The van der Waals surface area contributed by atoms with Gasteiger partial charge in [-0.15, -0.1) is 5.10 Å². The van der Waals surface area contributed by atoms with Gasteiger partial charge in [0.2, 0.25) is 5.82 Å². The van der Waals surface area contributed by atoms with Gasteiger partial charge in [0.15, 0.2) is 0 Å². The van der Waals surface area contributed by atoms with E-state index in [4.69, 9.17) is 0 Å². The number of aromatic amines is 1. The summed E-state index contributed by atoms with van der Waals surface area (Å²) in [5.74, 6) is 0.460. The Kier molecular flexibility index (Phi) is 2.46. The summed E-state index contributed by atoms with van der Waals surface area (Å²) >= 11 is 0. The fourth-order valence-electron chi connectivity index (χ4n) is 1.81. The van der Waals surface area contributed by atoms with Gasteiger partial charge in [-0.25, -0.2) is 4.98 Å². The number of aryl methyl sites for hydroxylation is 1. The molecule has 2 unspecified atom stereocenters. The van der Waals surface area contributed by atoms with Gasteiger partial charge in [-0.2, -0.15) is 0 Å². The van der Waals surface area contributed by atoms with Gasteiger partial charge in [-0.1, -0.05) is 13.8 Å². The predicted octanol–water partition coefficient (Wildman–Crippen LogP) is 0.00232. The first-order valence-corrected chi connectivity index (χ1v) is 5.29. The van der Waals surface area contributed by atoms with Crippen molar-refractivity contribution in [1.29, 1.82) is 0 Å². The number of hydrogen-bond acceptors (Lipinski definition) is 4. The zero-order chi connectivity index (χ0) is 11.9. The Balaban J connectivity index is 1.99. The number of nitrogens with one attached hydrogen (secondary N) is 2. The van der Waals surface area contributed by atoms with E-state index in [2.05, 4.69) is 20.5 Å². The van der Waals surface area contributed by atoms with Crippen LogP contribution < -0.4 is 5.32 Å². The second-order valence-electron chi connectivity index (χ2n) is 4.84. The van der Waals surface area contributed by atoms with Crippen LogP contribution >= 0.6 is 0 Å². The molecule has 1 aliphatic carbocycles. The average molecular weight is 224 g/mol. The molecule has 0 aromatic carbocycles. The van der Waals surface area contributed by atoms with E-state index in [1.807, 2.05) is 13.8 Å². The third kappa shape index (κ3) is 1.69. The Labute approximate surface area is 93.5 Å². The summed E-state index contributed by atoms with van der Waals surface area (Å²) in [7, 11) is 0. The minimum atomic E-state index is -0.355. The number of aliphatic hydroxyl groups is 1. The quantitative estimate of drug-likeness (QED) is 0.659. The Bertz CT molecular complexity index is 413. The number of aromatic nitrogens is 3. The molecule has 1 aromatic rings. The van der Waals surface area contributed by atoms with Crippen molar-refractivity contribution in [1.82, 2.24) is 20.5 Å². The fraction of sp³-hybridized carbons (Fsp3) is 0.700. The highest BCUT2D eigenvalue weighted by Gasteiger charge is 2.48. The smallest absolute Gasteiger partial charge is 0.291 e. The first-order chi connectivity index (χ1) is 7.41. The molecule has 0 bridgehead atoms. The minimum Gasteiger partial charge on any atom is -0.392 e. The van der Waals surface area contributed by atoms with E-state index in [1.54, 1.807) is 6.92 Å². The zero-order valence-corrected chi connectivity index (χ0v) is 9.61. The zero-order valence-electron chi connectivity index (χ0n) is 9.61. The standard InChI is InChI=1S/C10H16N4O2/c1-5-11-8(14-13-5)9(16)12-6-4-7(15)10(6,2)3/h6-7,15H,4H2,1-3H3,(H,12,16)(H,11,13,14). The van der Waals surface area contributed by atoms with Crippen molar-refractivity contribution in [2.45, 2.75) is 39.3 Å². The number of H-pyrrole nitrogens is 1. The number of hydrogen-bond donors (Lipinski definition) is 3. The molecule has 6 heteroatoms. The van der Waals surface area contributed by atoms with Crippen molar-refractivity contribution in [2.24, 2.45) is 5.41 Å². The Morgan fingerprint density at radius 1 is 1.62 bits per heavy atom. The maximum absolute atomic E-state index is 11.7. The Hall–Kier alpha value is -1.43. The highest BCUT2D eigenvalue weighted by Crippen LogP contribution is 2.40. The molecule has 0 spiro atoms. The van der Waals surface area contributed by atoms with Gasteiger partial charge in [0.25, 0.3) is 5.91 Å². The molecule has 88 valence electrons. The van der Waals surface area contributed by atoms with Crippen molar-refractivity contribution in [2.75, 3.05) is 0 Å². The van der Waals surface area contributed by atoms with Crippen molar-refractivity contribution in [3.8, 4) is 0 Å². The third-order valence-corrected chi connectivity index (χ3v) is 3.32. The predicted molar refractivity (Wildman–Crippen MR) is 56.8 cm³/mol. The second kappa shape index (κ2) is 3.55. The highest BCUT2D eigenvalue weighted by molar-refractivity contribution is 5.90. The number of rotatable bonds is 2. The highest BCUT2D eigenvalue weighted by atomic mass is 16.3. The van der Waals surface area contributed by atoms with Crippen molar-refractivity contribution < 1.29 is 9.90 Å². The fourth-order valence-corrected chi connectivity index (χ4v) is 1.81. The van der Waals surface area contributed by atoms with E-state index in [9.17, 15) is 9.90 Å². The molecule has 1 heterocycles. The monoisotopic (exact) mass is 224 g/mol. The van der Waals surface area contributed by atoms with Crippen LogP contribution in [0.3, 0.4) is 0 Å². The minimum absolute atomic E-state index is 0.0196. The molecule has 0 radical (unpaired) electrons. The molecule has 1 saturated carbocycles. The largest absolute Gasteiger partial charge is 0.392 e. The summed E-state index contributed by atoms with van der Waals surface area (Å²) in [6.45, 7) is 5.59. The van der Waals surface area contributed by atoms with E-state index < -0.39 is 0 Å². The first kappa shape index (κ1) is 11.1. The maximum atomic E-state index is 11.7.